The molecule has 1 aromatic rings. The van der Waals surface area contributed by atoms with Crippen molar-refractivity contribution in [3.63, 3.8) is 0 Å². The fourth-order valence-electron chi connectivity index (χ4n) is 2.17. The second kappa shape index (κ2) is 5.93. The maximum Gasteiger partial charge on any atom is 0.307 e. The van der Waals surface area contributed by atoms with Crippen LogP contribution in [-0.2, 0) is 21.2 Å². The first-order valence-electron chi connectivity index (χ1n) is 6.77. The van der Waals surface area contributed by atoms with E-state index in [1.54, 1.807) is 16.4 Å². The molecule has 0 atom stereocenters. The zero-order valence-electron chi connectivity index (χ0n) is 11.4. The Balaban J connectivity index is 2.22. The molecule has 0 unspecified atom stereocenters. The number of carboxylic acid groups (broad SMARTS) is 1. The summed E-state index contributed by atoms with van der Waals surface area (Å²) in [5, 5.41) is 8.71. The Hall–Kier alpha value is -1.40. The van der Waals surface area contributed by atoms with Crippen LogP contribution in [-0.4, -0.2) is 36.4 Å². The van der Waals surface area contributed by atoms with Crippen molar-refractivity contribution in [3.05, 3.63) is 29.8 Å². The van der Waals surface area contributed by atoms with Crippen LogP contribution in [0.2, 0.25) is 0 Å². The molecule has 0 amide bonds. The van der Waals surface area contributed by atoms with E-state index in [1.165, 1.54) is 12.1 Å². The molecule has 0 heterocycles. The van der Waals surface area contributed by atoms with Gasteiger partial charge in [0.2, 0.25) is 10.0 Å². The van der Waals surface area contributed by atoms with Gasteiger partial charge in [0, 0.05) is 12.6 Å². The van der Waals surface area contributed by atoms with Gasteiger partial charge in [-0.05, 0) is 37.0 Å². The zero-order chi connectivity index (χ0) is 14.8. The number of sulfonamides is 1. The van der Waals surface area contributed by atoms with E-state index < -0.39 is 16.0 Å². The van der Waals surface area contributed by atoms with Crippen molar-refractivity contribution in [1.82, 2.24) is 4.31 Å². The standard InChI is InChI=1S/C14H19NO4S/c1-2-9-15(12-5-6-12)20(18,19)13-7-3-11(4-8-13)10-14(16)17/h3-4,7-8,12H,2,5-6,9-10H2,1H3,(H,16,17). The lowest BCUT2D eigenvalue weighted by atomic mass is 10.2. The first kappa shape index (κ1) is 15.0. The van der Waals surface area contributed by atoms with Crippen LogP contribution in [0.3, 0.4) is 0 Å². The lowest BCUT2D eigenvalue weighted by Crippen LogP contribution is -2.33. The molecule has 0 bridgehead atoms. The average molecular weight is 297 g/mol. The van der Waals surface area contributed by atoms with Gasteiger partial charge in [-0.25, -0.2) is 8.42 Å². The Labute approximate surface area is 119 Å². The van der Waals surface area contributed by atoms with Gasteiger partial charge in [-0.2, -0.15) is 4.31 Å². The molecule has 0 aromatic heterocycles. The molecule has 1 aliphatic carbocycles. The molecule has 1 N–H and O–H groups in total. The third-order valence-corrected chi connectivity index (χ3v) is 5.25. The fraction of sp³-hybridized carbons (Fsp3) is 0.500. The van der Waals surface area contributed by atoms with Crippen LogP contribution in [0.5, 0.6) is 0 Å². The van der Waals surface area contributed by atoms with E-state index in [2.05, 4.69) is 0 Å². The summed E-state index contributed by atoms with van der Waals surface area (Å²) in [5.74, 6) is -0.925. The third-order valence-electron chi connectivity index (χ3n) is 3.28. The Morgan fingerprint density at radius 2 is 1.90 bits per heavy atom. The second-order valence-corrected chi connectivity index (χ2v) is 6.95. The number of benzene rings is 1. The van der Waals surface area contributed by atoms with Crippen molar-refractivity contribution in [2.45, 2.75) is 43.5 Å². The highest BCUT2D eigenvalue weighted by Crippen LogP contribution is 2.32. The molecule has 0 saturated heterocycles. The van der Waals surface area contributed by atoms with Crippen LogP contribution in [0.25, 0.3) is 0 Å². The van der Waals surface area contributed by atoms with Crippen molar-refractivity contribution < 1.29 is 18.3 Å². The number of carboxylic acids is 1. The van der Waals surface area contributed by atoms with E-state index in [4.69, 9.17) is 5.11 Å². The third kappa shape index (κ3) is 3.37. The summed E-state index contributed by atoms with van der Waals surface area (Å²) in [5.41, 5.74) is 0.602. The summed E-state index contributed by atoms with van der Waals surface area (Å²) in [4.78, 5) is 10.9. The van der Waals surface area contributed by atoms with E-state index in [0.717, 1.165) is 19.3 Å². The first-order chi connectivity index (χ1) is 9.45. The number of aliphatic carboxylic acids is 1. The van der Waals surface area contributed by atoms with Crippen molar-refractivity contribution in [2.24, 2.45) is 0 Å². The van der Waals surface area contributed by atoms with Crippen LogP contribution in [0.1, 0.15) is 31.7 Å². The van der Waals surface area contributed by atoms with Crippen LogP contribution in [0.15, 0.2) is 29.2 Å². The van der Waals surface area contributed by atoms with Gasteiger partial charge >= 0.3 is 5.97 Å². The van der Waals surface area contributed by atoms with Crippen LogP contribution in [0.4, 0.5) is 0 Å². The average Bonchev–Trinajstić information content (AvgIpc) is 3.20. The van der Waals surface area contributed by atoms with Gasteiger partial charge in [0.25, 0.3) is 0 Å². The summed E-state index contributed by atoms with van der Waals surface area (Å²) in [7, 11) is -3.46. The molecule has 1 saturated carbocycles. The summed E-state index contributed by atoms with van der Waals surface area (Å²) in [6.07, 6.45) is 2.54. The number of rotatable bonds is 7. The van der Waals surface area contributed by atoms with Crippen molar-refractivity contribution in [3.8, 4) is 0 Å². The molecule has 1 fully saturated rings. The molecular formula is C14H19NO4S. The summed E-state index contributed by atoms with van der Waals surface area (Å²) in [6.45, 7) is 2.49. The SMILES string of the molecule is CCCN(C1CC1)S(=O)(=O)c1ccc(CC(=O)O)cc1. The molecule has 1 aromatic carbocycles. The highest BCUT2D eigenvalue weighted by Gasteiger charge is 2.37. The smallest absolute Gasteiger partial charge is 0.307 e. The molecule has 0 aliphatic heterocycles. The minimum Gasteiger partial charge on any atom is -0.481 e. The number of carbonyl (C=O) groups is 1. The molecule has 6 heteroatoms. The van der Waals surface area contributed by atoms with Gasteiger partial charge in [0.15, 0.2) is 0 Å². The Morgan fingerprint density at radius 1 is 1.30 bits per heavy atom. The maximum atomic E-state index is 12.5. The predicted octanol–water partition coefficient (Wildman–Crippen LogP) is 1.88. The Kier molecular flexibility index (Phi) is 4.45. The molecule has 20 heavy (non-hydrogen) atoms. The van der Waals surface area contributed by atoms with Crippen molar-refractivity contribution >= 4 is 16.0 Å². The number of hydrogen-bond donors (Lipinski definition) is 1. The quantitative estimate of drug-likeness (QED) is 0.834. The zero-order valence-corrected chi connectivity index (χ0v) is 12.3. The van der Waals surface area contributed by atoms with Crippen LogP contribution >= 0.6 is 0 Å². The first-order valence-corrected chi connectivity index (χ1v) is 8.21. The second-order valence-electron chi connectivity index (χ2n) is 5.06. The summed E-state index contributed by atoms with van der Waals surface area (Å²) >= 11 is 0. The molecule has 110 valence electrons. The fourth-order valence-corrected chi connectivity index (χ4v) is 3.95. The van der Waals surface area contributed by atoms with E-state index in [1.807, 2.05) is 6.92 Å². The number of nitrogens with zero attached hydrogens (tertiary/aromatic N) is 1. The topological polar surface area (TPSA) is 74.7 Å². The van der Waals surface area contributed by atoms with Crippen LogP contribution in [0, 0.1) is 0 Å². The van der Waals surface area contributed by atoms with E-state index in [0.29, 0.717) is 12.1 Å². The van der Waals surface area contributed by atoms with Gasteiger partial charge < -0.3 is 5.11 Å². The summed E-state index contributed by atoms with van der Waals surface area (Å²) < 4.78 is 26.7. The lowest BCUT2D eigenvalue weighted by molar-refractivity contribution is -0.136. The van der Waals surface area contributed by atoms with Crippen molar-refractivity contribution in [2.75, 3.05) is 6.54 Å². The molecule has 1 aliphatic rings. The largest absolute Gasteiger partial charge is 0.481 e. The highest BCUT2D eigenvalue weighted by atomic mass is 32.2. The van der Waals surface area contributed by atoms with Gasteiger partial charge in [-0.3, -0.25) is 4.79 Å². The number of hydrogen-bond acceptors (Lipinski definition) is 3. The van der Waals surface area contributed by atoms with Gasteiger partial charge in [0.1, 0.15) is 0 Å². The minimum absolute atomic E-state index is 0.0956. The van der Waals surface area contributed by atoms with Gasteiger partial charge in [-0.1, -0.05) is 19.1 Å². The molecular weight excluding hydrogens is 278 g/mol. The Bertz CT molecular complexity index is 576. The molecule has 0 radical (unpaired) electrons. The minimum atomic E-state index is -3.46. The monoisotopic (exact) mass is 297 g/mol. The lowest BCUT2D eigenvalue weighted by Gasteiger charge is -2.21. The predicted molar refractivity (Wildman–Crippen MR) is 75.0 cm³/mol. The van der Waals surface area contributed by atoms with E-state index in [-0.39, 0.29) is 17.4 Å². The normalized spacial score (nSPS) is 15.5. The van der Waals surface area contributed by atoms with E-state index >= 15 is 0 Å². The summed E-state index contributed by atoms with van der Waals surface area (Å²) in [6, 6.07) is 6.27. The van der Waals surface area contributed by atoms with Gasteiger partial charge in [0.05, 0.1) is 11.3 Å². The molecule has 5 nitrogen and oxygen atoms in total. The van der Waals surface area contributed by atoms with Gasteiger partial charge in [-0.15, -0.1) is 0 Å². The molecule has 2 rings (SSSR count). The Morgan fingerprint density at radius 3 is 2.35 bits per heavy atom. The maximum absolute atomic E-state index is 12.5. The van der Waals surface area contributed by atoms with Crippen LogP contribution < -0.4 is 0 Å². The van der Waals surface area contributed by atoms with Crippen molar-refractivity contribution in [1.29, 1.82) is 0 Å². The highest BCUT2D eigenvalue weighted by molar-refractivity contribution is 7.89. The van der Waals surface area contributed by atoms with E-state index in [9.17, 15) is 13.2 Å². The molecule has 0 spiro atoms.